The zero-order chi connectivity index (χ0) is 3.54. The molecular formula is C3H4N2. The Morgan fingerprint density at radius 2 is 2.60 bits per heavy atom. The Labute approximate surface area is 29.8 Å². The molecule has 1 aromatic heterocycles. The van der Waals surface area contributed by atoms with Crippen molar-refractivity contribution in [3.05, 3.63) is 18.5 Å². The lowest BCUT2D eigenvalue weighted by Crippen LogP contribution is -1.53. The van der Waals surface area contributed by atoms with Crippen LogP contribution in [0.15, 0.2) is 18.5 Å². The third-order valence-corrected chi connectivity index (χ3v) is 0.406. The first-order chi connectivity index (χ1) is 2.50. The third-order valence-electron chi connectivity index (χ3n) is 0.406. The average Bonchev–Trinajstić information content (AvgIpc) is 1.76. The molecule has 5 heavy (non-hydrogen) atoms. The molecule has 0 aromatic carbocycles. The molecule has 0 fully saturated rings. The summed E-state index contributed by atoms with van der Waals surface area (Å²) in [4.78, 5) is 0. The maximum atomic E-state index is 3.60. The van der Waals surface area contributed by atoms with E-state index < -0.39 is 0 Å². The molecule has 1 heterocycles. The monoisotopic (exact) mass is 69.0 g/mol. The number of H-pyrrole nitrogens is 1. The molecule has 0 atom stereocenters. The smallest absolute Gasteiger partial charge is 0.0487 e. The fourth-order valence-corrected chi connectivity index (χ4v) is 0.215. The van der Waals surface area contributed by atoms with Gasteiger partial charge in [-0.1, -0.05) is 0 Å². The van der Waals surface area contributed by atoms with E-state index in [-0.39, 0.29) is 0 Å². The van der Waals surface area contributed by atoms with Gasteiger partial charge in [-0.25, -0.2) is 0 Å². The first-order valence-electron chi connectivity index (χ1n) is 1.44. The highest BCUT2D eigenvalue weighted by atomic mass is 15.1. The molecule has 0 aliphatic carbocycles. The number of hydrogen-bond acceptors (Lipinski definition) is 1. The molecule has 26 valence electrons. The molecule has 1 N–H and O–H groups in total. The Kier molecular flexibility index (Phi) is 0.433. The van der Waals surface area contributed by atoms with Crippen molar-refractivity contribution in [2.75, 3.05) is 0 Å². The Balaban J connectivity index is 3.13. The van der Waals surface area contributed by atoms with Crippen molar-refractivity contribution in [1.29, 1.82) is 0 Å². The van der Waals surface area contributed by atoms with Crippen molar-refractivity contribution in [2.45, 2.75) is 0 Å². The quantitative estimate of drug-likeness (QED) is 0.469. The number of nitrogens with one attached hydrogen (secondary N) is 1. The van der Waals surface area contributed by atoms with E-state index in [2.05, 4.69) is 10.2 Å². The molecule has 2 nitrogen and oxygen atoms in total. The zero-order valence-corrected chi connectivity index (χ0v) is 2.68. The number of nitrogens with zero attached hydrogens (tertiary/aromatic N) is 1. The largest absolute Gasteiger partial charge is 0.286 e. The molecule has 0 radical (unpaired) electrons. The van der Waals surface area contributed by atoms with E-state index in [0.29, 0.717) is 0 Å². The van der Waals surface area contributed by atoms with Crippen molar-refractivity contribution < 1.29 is 0 Å². The van der Waals surface area contributed by atoms with Crippen LogP contribution < -0.4 is 0 Å². The predicted octanol–water partition coefficient (Wildman–Crippen LogP) is 0.410. The van der Waals surface area contributed by atoms with Gasteiger partial charge in [0, 0.05) is 12.4 Å². The van der Waals surface area contributed by atoms with Crippen LogP contribution in [0.1, 0.15) is 0 Å². The minimum atomic E-state index is 1.69. The van der Waals surface area contributed by atoms with E-state index in [1.54, 1.807) is 12.4 Å². The standard InChI is InChI=1S/C3H4N2/c1-2-4-5-3-1/h1-3H,(H,4,5)/i1+1. The minimum Gasteiger partial charge on any atom is -0.286 e. The third kappa shape index (κ3) is 0.265. The number of hydrogen-bond donors (Lipinski definition) is 1. The molecule has 2 heteroatoms. The second kappa shape index (κ2) is 0.885. The molecule has 0 bridgehead atoms. The van der Waals surface area contributed by atoms with Crippen LogP contribution in [0.3, 0.4) is 0 Å². The lowest BCUT2D eigenvalue weighted by atomic mass is 11.1. The van der Waals surface area contributed by atoms with Crippen molar-refractivity contribution in [2.24, 2.45) is 0 Å². The Morgan fingerprint density at radius 1 is 1.60 bits per heavy atom. The zero-order valence-electron chi connectivity index (χ0n) is 2.68. The van der Waals surface area contributed by atoms with E-state index in [4.69, 9.17) is 0 Å². The van der Waals surface area contributed by atoms with Crippen molar-refractivity contribution in [3.63, 3.8) is 0 Å². The van der Waals surface area contributed by atoms with Crippen LogP contribution in [0.25, 0.3) is 0 Å². The van der Waals surface area contributed by atoms with Gasteiger partial charge in [-0.2, -0.15) is 5.10 Å². The summed E-state index contributed by atoms with van der Waals surface area (Å²) in [5.74, 6) is 0. The molecule has 0 aliphatic heterocycles. The van der Waals surface area contributed by atoms with Gasteiger partial charge in [0.25, 0.3) is 0 Å². The van der Waals surface area contributed by atoms with Crippen LogP contribution in [-0.2, 0) is 0 Å². The topological polar surface area (TPSA) is 28.7 Å². The maximum Gasteiger partial charge on any atom is 0.0487 e. The minimum absolute atomic E-state index is 1.69. The molecular weight excluding hydrogens is 65.0 g/mol. The highest BCUT2D eigenvalue weighted by molar-refractivity contribution is 4.72. The van der Waals surface area contributed by atoms with E-state index in [0.717, 1.165) is 0 Å². The van der Waals surface area contributed by atoms with Gasteiger partial charge in [0.2, 0.25) is 0 Å². The van der Waals surface area contributed by atoms with Gasteiger partial charge in [0.1, 0.15) is 0 Å². The Morgan fingerprint density at radius 3 is 2.80 bits per heavy atom. The summed E-state index contributed by atoms with van der Waals surface area (Å²) in [5, 5.41) is 6.21. The first kappa shape index (κ1) is 2.45. The van der Waals surface area contributed by atoms with Gasteiger partial charge in [-0.15, -0.1) is 0 Å². The maximum absolute atomic E-state index is 3.60. The van der Waals surface area contributed by atoms with Gasteiger partial charge in [-0.05, 0) is 6.07 Å². The molecule has 0 saturated heterocycles. The summed E-state index contributed by atoms with van der Waals surface area (Å²) in [6.45, 7) is 0. The normalized spacial score (nSPS) is 8.00. The van der Waals surface area contributed by atoms with E-state index in [1.165, 1.54) is 0 Å². The SMILES string of the molecule is c1[13cH]c[nH]n1. The molecule has 0 aliphatic rings. The van der Waals surface area contributed by atoms with Crippen LogP contribution in [0, 0.1) is 0 Å². The summed E-state index contributed by atoms with van der Waals surface area (Å²) >= 11 is 0. The first-order valence-corrected chi connectivity index (χ1v) is 1.44. The van der Waals surface area contributed by atoms with Crippen molar-refractivity contribution in [3.8, 4) is 0 Å². The van der Waals surface area contributed by atoms with Crippen molar-refractivity contribution >= 4 is 0 Å². The molecule has 0 amide bonds. The van der Waals surface area contributed by atoms with Gasteiger partial charge in [0.15, 0.2) is 0 Å². The average molecular weight is 69.1 g/mol. The highest BCUT2D eigenvalue weighted by Gasteiger charge is 1.56. The highest BCUT2D eigenvalue weighted by Crippen LogP contribution is 1.64. The van der Waals surface area contributed by atoms with E-state index in [9.17, 15) is 0 Å². The molecule has 1 rings (SSSR count). The van der Waals surface area contributed by atoms with Crippen LogP contribution in [0.2, 0.25) is 0 Å². The summed E-state index contributed by atoms with van der Waals surface area (Å²) in [6.07, 6.45) is 3.46. The summed E-state index contributed by atoms with van der Waals surface area (Å²) < 4.78 is 0. The van der Waals surface area contributed by atoms with Crippen molar-refractivity contribution in [1.82, 2.24) is 10.2 Å². The number of rotatable bonds is 0. The van der Waals surface area contributed by atoms with Crippen LogP contribution in [0.5, 0.6) is 0 Å². The van der Waals surface area contributed by atoms with E-state index in [1.807, 2.05) is 6.07 Å². The fraction of sp³-hybridized carbons (Fsp3) is 0. The van der Waals surface area contributed by atoms with Crippen LogP contribution in [-0.4, -0.2) is 10.2 Å². The van der Waals surface area contributed by atoms with Gasteiger partial charge < -0.3 is 0 Å². The Bertz CT molecular complexity index is 61.4. The number of aromatic amines is 1. The molecule has 0 spiro atoms. The predicted molar refractivity (Wildman–Crippen MR) is 18.6 cm³/mol. The molecule has 0 saturated carbocycles. The number of aromatic nitrogens is 2. The lowest BCUT2D eigenvalue weighted by Gasteiger charge is -1.49. The second-order valence-corrected chi connectivity index (χ2v) is 0.766. The van der Waals surface area contributed by atoms with Gasteiger partial charge >= 0.3 is 0 Å². The molecule has 1 aromatic rings. The lowest BCUT2D eigenvalue weighted by molar-refractivity contribution is 1.09. The summed E-state index contributed by atoms with van der Waals surface area (Å²) in [5.41, 5.74) is 0. The fourth-order valence-electron chi connectivity index (χ4n) is 0.215. The summed E-state index contributed by atoms with van der Waals surface area (Å²) in [7, 11) is 0. The summed E-state index contributed by atoms with van der Waals surface area (Å²) in [6, 6.07) is 1.83. The Hall–Kier alpha value is -0.790. The van der Waals surface area contributed by atoms with E-state index >= 15 is 0 Å². The van der Waals surface area contributed by atoms with Gasteiger partial charge in [0.05, 0.1) is 0 Å². The van der Waals surface area contributed by atoms with Crippen LogP contribution >= 0.6 is 0 Å². The van der Waals surface area contributed by atoms with Crippen LogP contribution in [0.4, 0.5) is 0 Å². The molecule has 0 unspecified atom stereocenters. The van der Waals surface area contributed by atoms with Gasteiger partial charge in [-0.3, -0.25) is 5.10 Å². The second-order valence-electron chi connectivity index (χ2n) is 0.766.